The van der Waals surface area contributed by atoms with Gasteiger partial charge < -0.3 is 5.11 Å². The topological polar surface area (TPSA) is 74.7 Å². The van der Waals surface area contributed by atoms with Crippen molar-refractivity contribution >= 4 is 16.0 Å². The van der Waals surface area contributed by atoms with E-state index in [2.05, 4.69) is 0 Å². The molecule has 0 fully saturated rings. The van der Waals surface area contributed by atoms with E-state index in [1.165, 1.54) is 36.5 Å². The molecule has 1 unspecified atom stereocenters. The highest BCUT2D eigenvalue weighted by Crippen LogP contribution is 2.29. The maximum absolute atomic E-state index is 12.7. The Morgan fingerprint density at radius 2 is 1.81 bits per heavy atom. The Morgan fingerprint density at radius 1 is 1.29 bits per heavy atom. The Hall–Kier alpha value is -1.40. The molecule has 0 saturated carbocycles. The van der Waals surface area contributed by atoms with Crippen molar-refractivity contribution in [3.63, 3.8) is 0 Å². The van der Waals surface area contributed by atoms with Crippen molar-refractivity contribution < 1.29 is 18.3 Å². The Morgan fingerprint density at radius 3 is 2.24 bits per heavy atom. The average Bonchev–Trinajstić information content (AvgIpc) is 2.35. The number of hydrogen-bond acceptors (Lipinski definition) is 3. The van der Waals surface area contributed by atoms with Gasteiger partial charge in [0.2, 0.25) is 10.0 Å². The minimum Gasteiger partial charge on any atom is -0.478 e. The van der Waals surface area contributed by atoms with Gasteiger partial charge in [0.25, 0.3) is 0 Å². The predicted octanol–water partition coefficient (Wildman–Crippen LogP) is 2.75. The van der Waals surface area contributed by atoms with Gasteiger partial charge >= 0.3 is 5.97 Å². The van der Waals surface area contributed by atoms with Crippen LogP contribution in [0.4, 0.5) is 0 Å². The summed E-state index contributed by atoms with van der Waals surface area (Å²) in [5.41, 5.74) is 0.0472. The second kappa shape index (κ2) is 5.77. The maximum Gasteiger partial charge on any atom is 0.335 e. The molecule has 118 valence electrons. The third kappa shape index (κ3) is 3.44. The molecule has 1 aromatic rings. The fraction of sp³-hybridized carbons (Fsp3) is 0.533. The number of rotatable bonds is 4. The lowest BCUT2D eigenvalue weighted by atomic mass is 9.88. The highest BCUT2D eigenvalue weighted by Gasteiger charge is 2.33. The molecule has 21 heavy (non-hydrogen) atoms. The van der Waals surface area contributed by atoms with Crippen LogP contribution in [0.15, 0.2) is 23.1 Å². The van der Waals surface area contributed by atoms with Gasteiger partial charge in [-0.3, -0.25) is 0 Å². The van der Waals surface area contributed by atoms with E-state index in [1.807, 2.05) is 27.7 Å². The van der Waals surface area contributed by atoms with Crippen LogP contribution in [0.2, 0.25) is 0 Å². The van der Waals surface area contributed by atoms with E-state index in [4.69, 9.17) is 5.11 Å². The number of carboxylic acids is 1. The smallest absolute Gasteiger partial charge is 0.335 e. The largest absolute Gasteiger partial charge is 0.478 e. The summed E-state index contributed by atoms with van der Waals surface area (Å²) in [6.07, 6.45) is 0. The molecule has 0 saturated heterocycles. The molecule has 0 bridgehead atoms. The molecule has 0 spiro atoms. The van der Waals surface area contributed by atoms with Gasteiger partial charge in [-0.05, 0) is 37.0 Å². The second-order valence-electron chi connectivity index (χ2n) is 6.30. The lowest BCUT2D eigenvalue weighted by Crippen LogP contribution is -2.43. The molecule has 0 heterocycles. The summed E-state index contributed by atoms with van der Waals surface area (Å²) in [5, 5.41) is 9.12. The van der Waals surface area contributed by atoms with Crippen molar-refractivity contribution in [1.82, 2.24) is 4.31 Å². The summed E-state index contributed by atoms with van der Waals surface area (Å²) >= 11 is 0. The van der Waals surface area contributed by atoms with E-state index < -0.39 is 16.0 Å². The standard InChI is InChI=1S/C15H23NO4S/c1-10-12(14(17)18)8-7-9-13(10)21(19,20)16(6)11(2)15(3,4)5/h7-9,11H,1-6H3,(H,17,18). The van der Waals surface area contributed by atoms with Crippen LogP contribution in [0.3, 0.4) is 0 Å². The minimum atomic E-state index is -3.74. The van der Waals surface area contributed by atoms with Gasteiger partial charge in [0, 0.05) is 13.1 Å². The first-order valence-corrected chi connectivity index (χ1v) is 8.15. The number of sulfonamides is 1. The molecule has 0 aromatic heterocycles. The quantitative estimate of drug-likeness (QED) is 0.927. The van der Waals surface area contributed by atoms with Gasteiger partial charge in [-0.25, -0.2) is 13.2 Å². The van der Waals surface area contributed by atoms with Crippen molar-refractivity contribution in [2.24, 2.45) is 5.41 Å². The SMILES string of the molecule is Cc1c(C(=O)O)cccc1S(=O)(=O)N(C)C(C)C(C)(C)C. The third-order valence-electron chi connectivity index (χ3n) is 3.97. The van der Waals surface area contributed by atoms with E-state index in [-0.39, 0.29) is 27.5 Å². The molecule has 1 atom stereocenters. The second-order valence-corrected chi connectivity index (χ2v) is 8.26. The minimum absolute atomic E-state index is 0.00730. The average molecular weight is 313 g/mol. The number of nitrogens with zero attached hydrogens (tertiary/aromatic N) is 1. The van der Waals surface area contributed by atoms with E-state index in [0.717, 1.165) is 0 Å². The lowest BCUT2D eigenvalue weighted by Gasteiger charge is -2.34. The first kappa shape index (κ1) is 17.7. The van der Waals surface area contributed by atoms with Crippen LogP contribution in [0.1, 0.15) is 43.6 Å². The number of carboxylic acid groups (broad SMARTS) is 1. The summed E-state index contributed by atoms with van der Waals surface area (Å²) in [4.78, 5) is 11.2. The van der Waals surface area contributed by atoms with Crippen LogP contribution < -0.4 is 0 Å². The van der Waals surface area contributed by atoms with Crippen molar-refractivity contribution in [3.05, 3.63) is 29.3 Å². The molecular formula is C15H23NO4S. The lowest BCUT2D eigenvalue weighted by molar-refractivity contribution is 0.0695. The molecule has 0 radical (unpaired) electrons. The van der Waals surface area contributed by atoms with Crippen LogP contribution in [0.5, 0.6) is 0 Å². The van der Waals surface area contributed by atoms with E-state index in [1.54, 1.807) is 0 Å². The predicted molar refractivity (Wildman–Crippen MR) is 82.0 cm³/mol. The van der Waals surface area contributed by atoms with Crippen LogP contribution in [0, 0.1) is 12.3 Å². The molecule has 1 aromatic carbocycles. The summed E-state index contributed by atoms with van der Waals surface area (Å²) in [5.74, 6) is -1.13. The molecule has 0 amide bonds. The van der Waals surface area contributed by atoms with Crippen molar-refractivity contribution in [3.8, 4) is 0 Å². The van der Waals surface area contributed by atoms with Crippen LogP contribution in [0.25, 0.3) is 0 Å². The summed E-state index contributed by atoms with van der Waals surface area (Å²) < 4.78 is 26.8. The Labute approximate surface area is 126 Å². The first-order chi connectivity index (χ1) is 9.40. The van der Waals surface area contributed by atoms with Crippen molar-refractivity contribution in [2.45, 2.75) is 45.6 Å². The Bertz CT molecular complexity index is 644. The Balaban J connectivity index is 3.39. The maximum atomic E-state index is 12.7. The zero-order valence-corrected chi connectivity index (χ0v) is 14.2. The zero-order valence-electron chi connectivity index (χ0n) is 13.3. The number of benzene rings is 1. The fourth-order valence-electron chi connectivity index (χ4n) is 2.03. The highest BCUT2D eigenvalue weighted by atomic mass is 32.2. The summed E-state index contributed by atoms with van der Waals surface area (Å²) in [7, 11) is -2.21. The Kier molecular flexibility index (Phi) is 4.85. The normalized spacial score (nSPS) is 14.2. The molecule has 0 aliphatic carbocycles. The number of aromatic carboxylic acids is 1. The molecular weight excluding hydrogens is 290 g/mol. The molecule has 1 rings (SSSR count). The van der Waals surface area contributed by atoms with Crippen molar-refractivity contribution in [1.29, 1.82) is 0 Å². The van der Waals surface area contributed by atoms with Gasteiger partial charge in [-0.15, -0.1) is 0 Å². The van der Waals surface area contributed by atoms with Gasteiger partial charge in [0.1, 0.15) is 0 Å². The van der Waals surface area contributed by atoms with E-state index in [9.17, 15) is 13.2 Å². The summed E-state index contributed by atoms with van der Waals surface area (Å²) in [6, 6.07) is 4.08. The van der Waals surface area contributed by atoms with Crippen LogP contribution in [-0.4, -0.2) is 36.9 Å². The van der Waals surface area contributed by atoms with Gasteiger partial charge in [-0.1, -0.05) is 26.8 Å². The molecule has 1 N–H and O–H groups in total. The van der Waals surface area contributed by atoms with Crippen LogP contribution in [-0.2, 0) is 10.0 Å². The molecule has 6 heteroatoms. The summed E-state index contributed by atoms with van der Waals surface area (Å²) in [6.45, 7) is 9.25. The van der Waals surface area contributed by atoms with Crippen molar-refractivity contribution in [2.75, 3.05) is 7.05 Å². The first-order valence-electron chi connectivity index (χ1n) is 6.71. The molecule has 5 nitrogen and oxygen atoms in total. The van der Waals surface area contributed by atoms with Gasteiger partial charge in [-0.2, -0.15) is 4.31 Å². The zero-order chi connectivity index (χ0) is 16.6. The number of hydrogen-bond donors (Lipinski definition) is 1. The highest BCUT2D eigenvalue weighted by molar-refractivity contribution is 7.89. The van der Waals surface area contributed by atoms with Crippen LogP contribution >= 0.6 is 0 Å². The monoisotopic (exact) mass is 313 g/mol. The number of carbonyl (C=O) groups is 1. The third-order valence-corrected chi connectivity index (χ3v) is 6.04. The fourth-order valence-corrected chi connectivity index (χ4v) is 3.82. The molecule has 0 aliphatic rings. The van der Waals surface area contributed by atoms with Gasteiger partial charge in [0.15, 0.2) is 0 Å². The van der Waals surface area contributed by atoms with E-state index in [0.29, 0.717) is 0 Å². The molecule has 0 aliphatic heterocycles. The van der Waals surface area contributed by atoms with Gasteiger partial charge in [0.05, 0.1) is 10.5 Å². The van der Waals surface area contributed by atoms with E-state index >= 15 is 0 Å².